The Hall–Kier alpha value is -1.88. The van der Waals surface area contributed by atoms with Gasteiger partial charge in [-0.1, -0.05) is 6.07 Å². The third kappa shape index (κ3) is 3.36. The lowest BCUT2D eigenvalue weighted by Crippen LogP contribution is -2.17. The highest BCUT2D eigenvalue weighted by atomic mass is 19.1. The van der Waals surface area contributed by atoms with Crippen LogP contribution >= 0.6 is 0 Å². The molecule has 2 aromatic rings. The molecule has 1 aromatic heterocycles. The molecule has 0 saturated heterocycles. The minimum atomic E-state index is -0.335. The van der Waals surface area contributed by atoms with Crippen LogP contribution in [-0.2, 0) is 13.5 Å². The van der Waals surface area contributed by atoms with Gasteiger partial charge in [0.25, 0.3) is 0 Å². The minimum absolute atomic E-state index is 0.157. The van der Waals surface area contributed by atoms with Crippen molar-refractivity contribution in [2.24, 2.45) is 7.05 Å². The summed E-state index contributed by atoms with van der Waals surface area (Å²) in [6, 6.07) is 5.15. The fourth-order valence-corrected chi connectivity index (χ4v) is 2.28. The van der Waals surface area contributed by atoms with Crippen molar-refractivity contribution < 1.29 is 9.13 Å². The first-order chi connectivity index (χ1) is 9.63. The Morgan fingerprint density at radius 3 is 2.85 bits per heavy atom. The van der Waals surface area contributed by atoms with Gasteiger partial charge in [0.15, 0.2) is 11.6 Å². The molecule has 1 aromatic carbocycles. The van der Waals surface area contributed by atoms with Crippen LogP contribution in [0, 0.1) is 5.82 Å². The molecule has 0 aliphatic heterocycles. The lowest BCUT2D eigenvalue weighted by atomic mass is 10.00. The van der Waals surface area contributed by atoms with Crippen molar-refractivity contribution in [1.29, 1.82) is 0 Å². The summed E-state index contributed by atoms with van der Waals surface area (Å²) in [6.07, 6.45) is 5.71. The van der Waals surface area contributed by atoms with E-state index in [0.717, 1.165) is 18.4 Å². The highest BCUT2D eigenvalue weighted by Gasteiger charge is 2.13. The lowest BCUT2D eigenvalue weighted by Gasteiger charge is -2.17. The number of ether oxygens (including phenoxy) is 1. The number of rotatable bonds is 6. The highest BCUT2D eigenvalue weighted by Crippen LogP contribution is 2.25. The third-order valence-corrected chi connectivity index (χ3v) is 3.41. The Morgan fingerprint density at radius 2 is 2.25 bits per heavy atom. The maximum atomic E-state index is 13.4. The fourth-order valence-electron chi connectivity index (χ4n) is 2.28. The average molecular weight is 277 g/mol. The summed E-state index contributed by atoms with van der Waals surface area (Å²) >= 11 is 0. The van der Waals surface area contributed by atoms with E-state index in [2.05, 4.69) is 10.4 Å². The molecule has 0 bridgehead atoms. The van der Waals surface area contributed by atoms with Gasteiger partial charge < -0.3 is 10.1 Å². The predicted octanol–water partition coefficient (Wildman–Crippen LogP) is 2.46. The molecular formula is C15H20FN3O. The summed E-state index contributed by atoms with van der Waals surface area (Å²) in [5.74, 6) is -0.0532. The van der Waals surface area contributed by atoms with Crippen molar-refractivity contribution in [3.05, 3.63) is 47.5 Å². The highest BCUT2D eigenvalue weighted by molar-refractivity contribution is 5.32. The third-order valence-electron chi connectivity index (χ3n) is 3.41. The van der Waals surface area contributed by atoms with Crippen molar-refractivity contribution in [2.45, 2.75) is 18.9 Å². The van der Waals surface area contributed by atoms with E-state index >= 15 is 0 Å². The molecule has 5 heteroatoms. The molecule has 0 radical (unpaired) electrons. The molecule has 1 N–H and O–H groups in total. The molecule has 4 nitrogen and oxygen atoms in total. The van der Waals surface area contributed by atoms with E-state index in [1.54, 1.807) is 16.8 Å². The quantitative estimate of drug-likeness (QED) is 0.881. The largest absolute Gasteiger partial charge is 0.494 e. The Morgan fingerprint density at radius 1 is 1.45 bits per heavy atom. The van der Waals surface area contributed by atoms with E-state index in [4.69, 9.17) is 4.74 Å². The smallest absolute Gasteiger partial charge is 0.165 e. The first-order valence-corrected chi connectivity index (χ1v) is 6.62. The van der Waals surface area contributed by atoms with Crippen molar-refractivity contribution >= 4 is 0 Å². The predicted molar refractivity (Wildman–Crippen MR) is 76.3 cm³/mol. The maximum Gasteiger partial charge on any atom is 0.165 e. The van der Waals surface area contributed by atoms with E-state index in [1.807, 2.05) is 26.5 Å². The van der Waals surface area contributed by atoms with Crippen LogP contribution in [0.5, 0.6) is 5.75 Å². The van der Waals surface area contributed by atoms with Gasteiger partial charge in [-0.15, -0.1) is 0 Å². The zero-order valence-corrected chi connectivity index (χ0v) is 12.1. The van der Waals surface area contributed by atoms with Gasteiger partial charge in [-0.3, -0.25) is 4.68 Å². The number of hydrogen-bond donors (Lipinski definition) is 1. The van der Waals surface area contributed by atoms with E-state index in [-0.39, 0.29) is 17.6 Å². The molecule has 1 atom stereocenters. The molecule has 20 heavy (non-hydrogen) atoms. The van der Waals surface area contributed by atoms with Crippen LogP contribution in [0.25, 0.3) is 0 Å². The number of aromatic nitrogens is 2. The monoisotopic (exact) mass is 277 g/mol. The van der Waals surface area contributed by atoms with Crippen LogP contribution < -0.4 is 10.1 Å². The second-order valence-electron chi connectivity index (χ2n) is 4.80. The van der Waals surface area contributed by atoms with Crippen molar-refractivity contribution in [3.63, 3.8) is 0 Å². The van der Waals surface area contributed by atoms with Gasteiger partial charge in [0, 0.05) is 19.3 Å². The Balaban J connectivity index is 2.07. The van der Waals surface area contributed by atoms with Crippen LogP contribution in [0.4, 0.5) is 4.39 Å². The zero-order valence-electron chi connectivity index (χ0n) is 12.1. The van der Waals surface area contributed by atoms with Gasteiger partial charge in [-0.25, -0.2) is 4.39 Å². The molecule has 2 rings (SSSR count). The number of hydrogen-bond acceptors (Lipinski definition) is 3. The molecule has 0 saturated carbocycles. The summed E-state index contributed by atoms with van der Waals surface area (Å²) in [4.78, 5) is 0. The minimum Gasteiger partial charge on any atom is -0.494 e. The number of halogens is 1. The summed E-state index contributed by atoms with van der Waals surface area (Å²) in [5, 5.41) is 7.42. The topological polar surface area (TPSA) is 39.1 Å². The first kappa shape index (κ1) is 14.5. The van der Waals surface area contributed by atoms with Gasteiger partial charge in [0.1, 0.15) is 0 Å². The number of aryl methyl sites for hydroxylation is 2. The standard InChI is InChI=1S/C15H20FN3O/c1-17-14(7-4-11-9-18-19(2)10-11)12-5-6-13(16)15(8-12)20-3/h5-6,8-10,14,17H,4,7H2,1-3H3. The lowest BCUT2D eigenvalue weighted by molar-refractivity contribution is 0.384. The average Bonchev–Trinajstić information content (AvgIpc) is 2.86. The maximum absolute atomic E-state index is 13.4. The molecule has 0 aliphatic carbocycles. The van der Waals surface area contributed by atoms with Gasteiger partial charge in [-0.2, -0.15) is 5.10 Å². The van der Waals surface area contributed by atoms with Crippen LogP contribution in [0.3, 0.4) is 0 Å². The fraction of sp³-hybridized carbons (Fsp3) is 0.400. The number of nitrogens with zero attached hydrogens (tertiary/aromatic N) is 2. The molecule has 108 valence electrons. The number of methoxy groups -OCH3 is 1. The van der Waals surface area contributed by atoms with E-state index in [1.165, 1.54) is 18.7 Å². The second-order valence-corrected chi connectivity index (χ2v) is 4.80. The van der Waals surface area contributed by atoms with Crippen molar-refractivity contribution in [3.8, 4) is 5.75 Å². The summed E-state index contributed by atoms with van der Waals surface area (Å²) in [6.45, 7) is 0. The van der Waals surface area contributed by atoms with Crippen molar-refractivity contribution in [2.75, 3.05) is 14.2 Å². The van der Waals surface area contributed by atoms with Gasteiger partial charge in [0.2, 0.25) is 0 Å². The van der Waals surface area contributed by atoms with Crippen LogP contribution in [0.15, 0.2) is 30.6 Å². The van der Waals surface area contributed by atoms with Crippen LogP contribution in [-0.4, -0.2) is 23.9 Å². The Bertz CT molecular complexity index is 568. The molecule has 0 aliphatic rings. The normalized spacial score (nSPS) is 12.4. The number of nitrogens with one attached hydrogen (secondary N) is 1. The van der Waals surface area contributed by atoms with Gasteiger partial charge >= 0.3 is 0 Å². The number of benzene rings is 1. The first-order valence-electron chi connectivity index (χ1n) is 6.62. The molecule has 0 fully saturated rings. The zero-order chi connectivity index (χ0) is 14.5. The van der Waals surface area contributed by atoms with Gasteiger partial charge in [0.05, 0.1) is 13.3 Å². The SMILES string of the molecule is CNC(CCc1cnn(C)c1)c1ccc(F)c(OC)c1. The van der Waals surface area contributed by atoms with E-state index < -0.39 is 0 Å². The Labute approximate surface area is 118 Å². The Kier molecular flexibility index (Phi) is 4.74. The van der Waals surface area contributed by atoms with E-state index in [0.29, 0.717) is 0 Å². The summed E-state index contributed by atoms with van der Waals surface area (Å²) in [5.41, 5.74) is 2.22. The molecular weight excluding hydrogens is 257 g/mol. The summed E-state index contributed by atoms with van der Waals surface area (Å²) < 4.78 is 20.3. The van der Waals surface area contributed by atoms with Crippen LogP contribution in [0.2, 0.25) is 0 Å². The second kappa shape index (κ2) is 6.52. The molecule has 1 unspecified atom stereocenters. The molecule has 1 heterocycles. The van der Waals surface area contributed by atoms with Crippen LogP contribution in [0.1, 0.15) is 23.6 Å². The molecule has 0 amide bonds. The van der Waals surface area contributed by atoms with Crippen molar-refractivity contribution in [1.82, 2.24) is 15.1 Å². The van der Waals surface area contributed by atoms with Gasteiger partial charge in [-0.05, 0) is 43.1 Å². The molecule has 0 spiro atoms. The summed E-state index contributed by atoms with van der Waals surface area (Å²) in [7, 11) is 5.29. The van der Waals surface area contributed by atoms with E-state index in [9.17, 15) is 4.39 Å².